The van der Waals surface area contributed by atoms with Gasteiger partial charge in [-0.3, -0.25) is 0 Å². The highest BCUT2D eigenvalue weighted by molar-refractivity contribution is 5.92. The van der Waals surface area contributed by atoms with Crippen LogP contribution in [0.4, 0.5) is 0 Å². The number of rotatable bonds is 6. The first-order valence-electron chi connectivity index (χ1n) is 10.4. The number of hydrogen-bond donors (Lipinski definition) is 0. The van der Waals surface area contributed by atoms with Gasteiger partial charge < -0.3 is 0 Å². The molecule has 0 N–H and O–H groups in total. The summed E-state index contributed by atoms with van der Waals surface area (Å²) in [6, 6.07) is 18.3. The second-order valence-corrected chi connectivity index (χ2v) is 7.79. The molecule has 4 rings (SSSR count). The Morgan fingerprint density at radius 1 is 0.615 bits per heavy atom. The van der Waals surface area contributed by atoms with Crippen molar-refractivity contribution >= 4 is 10.8 Å². The number of benzene rings is 3. The first kappa shape index (κ1) is 17.3. The van der Waals surface area contributed by atoms with Gasteiger partial charge in [0.05, 0.1) is 0 Å². The number of fused-ring (bicyclic) bond motifs is 3. The molecular weight excluding hydrogens is 312 g/mol. The van der Waals surface area contributed by atoms with E-state index in [4.69, 9.17) is 0 Å². The molecule has 1 aliphatic carbocycles. The van der Waals surface area contributed by atoms with Crippen LogP contribution in [-0.4, -0.2) is 0 Å². The summed E-state index contributed by atoms with van der Waals surface area (Å²) in [5.74, 6) is 0. The van der Waals surface area contributed by atoms with Crippen molar-refractivity contribution in [3.05, 3.63) is 81.9 Å². The lowest BCUT2D eigenvalue weighted by molar-refractivity contribution is 0.774. The van der Waals surface area contributed by atoms with E-state index in [2.05, 4.69) is 62.4 Å². The fourth-order valence-electron chi connectivity index (χ4n) is 4.69. The summed E-state index contributed by atoms with van der Waals surface area (Å²) in [7, 11) is 0. The summed E-state index contributed by atoms with van der Waals surface area (Å²) in [5.41, 5.74) is 9.65. The Morgan fingerprint density at radius 2 is 1.04 bits per heavy atom. The molecule has 0 unspecified atom stereocenters. The van der Waals surface area contributed by atoms with Crippen LogP contribution in [0.1, 0.15) is 72.9 Å². The lowest BCUT2D eigenvalue weighted by Crippen LogP contribution is -2.14. The Labute approximate surface area is 158 Å². The third-order valence-corrected chi connectivity index (χ3v) is 6.08. The third kappa shape index (κ3) is 3.07. The smallest absolute Gasteiger partial charge is 0.00170 e. The zero-order valence-corrected chi connectivity index (χ0v) is 16.3. The van der Waals surface area contributed by atoms with E-state index in [9.17, 15) is 0 Å². The summed E-state index contributed by atoms with van der Waals surface area (Å²) in [6.07, 6.45) is 9.77. The van der Waals surface area contributed by atoms with Crippen LogP contribution >= 0.6 is 0 Å². The van der Waals surface area contributed by atoms with E-state index in [-0.39, 0.29) is 0 Å². The Morgan fingerprint density at radius 3 is 1.46 bits per heavy atom. The van der Waals surface area contributed by atoms with E-state index in [0.29, 0.717) is 0 Å². The lowest BCUT2D eigenvalue weighted by Gasteiger charge is -2.28. The van der Waals surface area contributed by atoms with Crippen LogP contribution in [0.2, 0.25) is 0 Å². The molecule has 0 radical (unpaired) electrons. The molecule has 0 atom stereocenters. The SMILES string of the molecule is CCCCc1c2c(c(CCCC)c3ccccc13)Cc1ccccc1C2. The van der Waals surface area contributed by atoms with Gasteiger partial charge in [0.1, 0.15) is 0 Å². The van der Waals surface area contributed by atoms with Gasteiger partial charge in [0.15, 0.2) is 0 Å². The summed E-state index contributed by atoms with van der Waals surface area (Å²) < 4.78 is 0. The molecule has 1 aliphatic rings. The fraction of sp³-hybridized carbons (Fsp3) is 0.385. The van der Waals surface area contributed by atoms with Crippen LogP contribution in [-0.2, 0) is 25.7 Å². The molecule has 0 saturated heterocycles. The summed E-state index contributed by atoms with van der Waals surface area (Å²) in [5, 5.41) is 3.04. The topological polar surface area (TPSA) is 0 Å². The van der Waals surface area contributed by atoms with Gasteiger partial charge in [-0.15, -0.1) is 0 Å². The van der Waals surface area contributed by atoms with Gasteiger partial charge in [-0.1, -0.05) is 75.2 Å². The second-order valence-electron chi connectivity index (χ2n) is 7.79. The average molecular weight is 343 g/mol. The Kier molecular flexibility index (Phi) is 5.11. The molecule has 3 aromatic rings. The van der Waals surface area contributed by atoms with E-state index in [1.54, 1.807) is 22.3 Å². The van der Waals surface area contributed by atoms with E-state index >= 15 is 0 Å². The van der Waals surface area contributed by atoms with Crippen molar-refractivity contribution in [3.8, 4) is 0 Å². The van der Waals surface area contributed by atoms with Crippen LogP contribution in [0, 0.1) is 0 Å². The molecular formula is C26H30. The zero-order chi connectivity index (χ0) is 17.9. The molecule has 26 heavy (non-hydrogen) atoms. The maximum absolute atomic E-state index is 2.37. The first-order chi connectivity index (χ1) is 12.8. The Bertz CT molecular complexity index is 841. The quantitative estimate of drug-likeness (QED) is 0.353. The minimum Gasteiger partial charge on any atom is -0.0654 e. The number of unbranched alkanes of at least 4 members (excludes halogenated alkanes) is 2. The van der Waals surface area contributed by atoms with Crippen LogP contribution in [0.15, 0.2) is 48.5 Å². The third-order valence-electron chi connectivity index (χ3n) is 6.08. The first-order valence-corrected chi connectivity index (χ1v) is 10.4. The van der Waals surface area contributed by atoms with Crippen molar-refractivity contribution in [2.75, 3.05) is 0 Å². The molecule has 0 bridgehead atoms. The van der Waals surface area contributed by atoms with Gasteiger partial charge >= 0.3 is 0 Å². The van der Waals surface area contributed by atoms with Crippen molar-refractivity contribution < 1.29 is 0 Å². The van der Waals surface area contributed by atoms with Crippen LogP contribution in [0.3, 0.4) is 0 Å². The molecule has 0 saturated carbocycles. The average Bonchev–Trinajstić information content (AvgIpc) is 2.69. The predicted molar refractivity (Wildman–Crippen MR) is 113 cm³/mol. The van der Waals surface area contributed by atoms with Gasteiger partial charge in [0.25, 0.3) is 0 Å². The van der Waals surface area contributed by atoms with Crippen molar-refractivity contribution in [3.63, 3.8) is 0 Å². The second kappa shape index (κ2) is 7.66. The van der Waals surface area contributed by atoms with Crippen molar-refractivity contribution in [1.82, 2.24) is 0 Å². The normalized spacial score (nSPS) is 12.8. The van der Waals surface area contributed by atoms with Gasteiger partial charge in [0, 0.05) is 0 Å². The maximum atomic E-state index is 2.37. The predicted octanol–water partition coefficient (Wildman–Crippen LogP) is 7.02. The molecule has 0 aromatic heterocycles. The standard InChI is InChI=1S/C26H30/c1-3-5-13-23-21-15-9-10-16-22(21)24(14-6-4-2)26-18-20-12-8-7-11-19(20)17-25(23)26/h7-12,15-16H,3-6,13-14,17-18H2,1-2H3. The van der Waals surface area contributed by atoms with Crippen LogP contribution in [0.25, 0.3) is 10.8 Å². The van der Waals surface area contributed by atoms with E-state index < -0.39 is 0 Å². The molecule has 0 nitrogen and oxygen atoms in total. The summed E-state index contributed by atoms with van der Waals surface area (Å²) in [4.78, 5) is 0. The minimum absolute atomic E-state index is 1.12. The number of aryl methyl sites for hydroxylation is 2. The van der Waals surface area contributed by atoms with E-state index in [1.807, 2.05) is 0 Å². The van der Waals surface area contributed by atoms with Gasteiger partial charge in [-0.25, -0.2) is 0 Å². The molecule has 0 spiro atoms. The Hall–Kier alpha value is -2.08. The molecule has 0 heteroatoms. The van der Waals surface area contributed by atoms with Crippen LogP contribution < -0.4 is 0 Å². The monoisotopic (exact) mass is 342 g/mol. The van der Waals surface area contributed by atoms with Crippen molar-refractivity contribution in [1.29, 1.82) is 0 Å². The largest absolute Gasteiger partial charge is 0.0654 e. The van der Waals surface area contributed by atoms with Crippen molar-refractivity contribution in [2.24, 2.45) is 0 Å². The molecule has 134 valence electrons. The molecule has 0 amide bonds. The molecule has 0 fully saturated rings. The fourth-order valence-corrected chi connectivity index (χ4v) is 4.69. The summed E-state index contributed by atoms with van der Waals surface area (Å²) in [6.45, 7) is 4.61. The highest BCUT2D eigenvalue weighted by Gasteiger charge is 2.23. The number of hydrogen-bond acceptors (Lipinski definition) is 0. The molecule has 3 aromatic carbocycles. The van der Waals surface area contributed by atoms with Crippen molar-refractivity contribution in [2.45, 2.75) is 65.2 Å². The highest BCUT2D eigenvalue weighted by atomic mass is 14.3. The maximum Gasteiger partial charge on any atom is -0.00170 e. The molecule has 0 aliphatic heterocycles. The van der Waals surface area contributed by atoms with Gasteiger partial charge in [-0.2, -0.15) is 0 Å². The van der Waals surface area contributed by atoms with Gasteiger partial charge in [-0.05, 0) is 82.7 Å². The van der Waals surface area contributed by atoms with Gasteiger partial charge in [0.2, 0.25) is 0 Å². The highest BCUT2D eigenvalue weighted by Crippen LogP contribution is 2.38. The van der Waals surface area contributed by atoms with E-state index in [1.165, 1.54) is 60.4 Å². The Balaban J connectivity index is 1.95. The minimum atomic E-state index is 1.12. The molecule has 0 heterocycles. The zero-order valence-electron chi connectivity index (χ0n) is 16.3. The van der Waals surface area contributed by atoms with E-state index in [0.717, 1.165) is 12.8 Å². The van der Waals surface area contributed by atoms with Crippen LogP contribution in [0.5, 0.6) is 0 Å². The summed E-state index contributed by atoms with van der Waals surface area (Å²) >= 11 is 0. The lowest BCUT2D eigenvalue weighted by atomic mass is 9.77.